The van der Waals surface area contributed by atoms with Crippen LogP contribution in [0.25, 0.3) is 0 Å². The Balaban J connectivity index is 0. The minimum Gasteiger partial charge on any atom is -0.550 e. The van der Waals surface area contributed by atoms with E-state index >= 15 is 0 Å². The van der Waals surface area contributed by atoms with Gasteiger partial charge in [0.15, 0.2) is 5.60 Å². The predicted molar refractivity (Wildman–Crippen MR) is 105 cm³/mol. The van der Waals surface area contributed by atoms with Crippen molar-refractivity contribution < 1.29 is 96.4 Å². The minimum atomic E-state index is -2.80. The van der Waals surface area contributed by atoms with Crippen LogP contribution in [0.15, 0.2) is 0 Å². The van der Waals surface area contributed by atoms with Crippen molar-refractivity contribution in [2.24, 2.45) is 17.6 Å². The van der Waals surface area contributed by atoms with Crippen LogP contribution in [0, 0.1) is 11.8 Å². The topological polar surface area (TPSA) is 201 Å². The molecule has 176 valence electrons. The minimum absolute atomic E-state index is 0. The fraction of sp³-hybridized carbons (Fsp3) is 0.850. The number of hydrogen-bond donors (Lipinski definition) is 6. The molecular weight excluding hydrogens is 437 g/mol. The molecule has 1 fully saturated rings. The molecule has 1 aliphatic carbocycles. The van der Waals surface area contributed by atoms with E-state index in [1.807, 2.05) is 13.8 Å². The van der Waals surface area contributed by atoms with Gasteiger partial charge in [-0.1, -0.05) is 46.0 Å². The van der Waals surface area contributed by atoms with E-state index < -0.39 is 48.6 Å². The van der Waals surface area contributed by atoms with Gasteiger partial charge in [-0.25, -0.2) is 4.79 Å². The van der Waals surface area contributed by atoms with E-state index in [9.17, 15) is 29.7 Å². The average molecular weight is 474 g/mol. The first kappa shape index (κ1) is 33.1. The molecule has 0 heterocycles. The molecule has 0 aromatic rings. The molecule has 1 rings (SSSR count). The van der Waals surface area contributed by atoms with E-state index in [-0.39, 0.29) is 57.4 Å². The Morgan fingerprint density at radius 3 is 1.97 bits per heavy atom. The van der Waals surface area contributed by atoms with Gasteiger partial charge in [0.25, 0.3) is 0 Å². The normalized spacial score (nSPS) is 19.1. The first-order valence-electron chi connectivity index (χ1n) is 10.3. The van der Waals surface area contributed by atoms with Crippen molar-refractivity contribution in [1.29, 1.82) is 0 Å². The van der Waals surface area contributed by atoms with E-state index in [2.05, 4.69) is 0 Å². The second-order valence-electron chi connectivity index (χ2n) is 8.55. The Labute approximate surface area is 225 Å². The van der Waals surface area contributed by atoms with Crippen LogP contribution in [0.3, 0.4) is 0 Å². The van der Waals surface area contributed by atoms with Gasteiger partial charge >= 0.3 is 63.3 Å². The summed E-state index contributed by atoms with van der Waals surface area (Å²) < 4.78 is 0. The number of aliphatic carboxylic acids is 3. The second kappa shape index (κ2) is 16.5. The standard InChI is InChI=1S/C14H29NO2.C6H8O7.K/c1-10(2)8-13(16)14(17)12(15)9-11-6-4-3-5-7-11;7-3(8)1-6(13,5(11)12)2-4(9)10;/h10-14,16-17H,3-9,15H2,1-2H3;13H,1-2H2,(H,7,8)(H,9,10)(H,11,12);/q;;+1/p-1. The molecule has 11 heteroatoms. The van der Waals surface area contributed by atoms with Crippen molar-refractivity contribution in [3.05, 3.63) is 0 Å². The third-order valence-electron chi connectivity index (χ3n) is 5.15. The summed E-state index contributed by atoms with van der Waals surface area (Å²) >= 11 is 0. The summed E-state index contributed by atoms with van der Waals surface area (Å²) in [6.45, 7) is 4.09. The summed E-state index contributed by atoms with van der Waals surface area (Å²) in [6, 6.07) is -0.271. The van der Waals surface area contributed by atoms with Gasteiger partial charge in [-0.15, -0.1) is 0 Å². The Morgan fingerprint density at radius 2 is 1.58 bits per heavy atom. The maximum absolute atomic E-state index is 10.3. The van der Waals surface area contributed by atoms with Crippen molar-refractivity contribution >= 4 is 17.9 Å². The zero-order valence-corrected chi connectivity index (χ0v) is 21.8. The monoisotopic (exact) mass is 473 g/mol. The molecule has 31 heavy (non-hydrogen) atoms. The summed E-state index contributed by atoms with van der Waals surface area (Å²) in [7, 11) is 0. The number of aliphatic hydroxyl groups excluding tert-OH is 2. The molecule has 1 aliphatic rings. The fourth-order valence-corrected chi connectivity index (χ4v) is 3.56. The van der Waals surface area contributed by atoms with Gasteiger partial charge in [0.05, 0.1) is 18.6 Å². The van der Waals surface area contributed by atoms with Crippen LogP contribution in [0.2, 0.25) is 0 Å². The second-order valence-corrected chi connectivity index (χ2v) is 8.55. The Hall–Kier alpha value is -0.114. The molecule has 0 amide bonds. The van der Waals surface area contributed by atoms with Crippen LogP contribution in [-0.4, -0.2) is 67.3 Å². The molecule has 1 saturated carbocycles. The molecule has 7 N–H and O–H groups in total. The Kier molecular flexibility index (Phi) is 17.6. The summed E-state index contributed by atoms with van der Waals surface area (Å²) in [5, 5.41) is 55.4. The fourth-order valence-electron chi connectivity index (χ4n) is 3.56. The molecule has 0 radical (unpaired) electrons. The van der Waals surface area contributed by atoms with Crippen molar-refractivity contribution in [2.45, 2.75) is 95.5 Å². The quantitative estimate of drug-likeness (QED) is 0.163. The summed E-state index contributed by atoms with van der Waals surface area (Å²) in [5.74, 6) is -4.29. The maximum Gasteiger partial charge on any atom is 1.00 e. The largest absolute Gasteiger partial charge is 1.00 e. The van der Waals surface area contributed by atoms with Crippen molar-refractivity contribution in [1.82, 2.24) is 0 Å². The Bertz CT molecular complexity index is 537. The average Bonchev–Trinajstić information content (AvgIpc) is 2.60. The summed E-state index contributed by atoms with van der Waals surface area (Å²) in [6.07, 6.45) is 4.00. The van der Waals surface area contributed by atoms with Crippen LogP contribution in [-0.2, 0) is 14.4 Å². The maximum atomic E-state index is 10.3. The molecule has 0 spiro atoms. The third kappa shape index (κ3) is 14.6. The number of carboxylic acid groups (broad SMARTS) is 3. The zero-order valence-electron chi connectivity index (χ0n) is 18.7. The third-order valence-corrected chi connectivity index (χ3v) is 5.15. The van der Waals surface area contributed by atoms with Gasteiger partial charge in [0, 0.05) is 18.4 Å². The number of rotatable bonds is 11. The zero-order chi connectivity index (χ0) is 23.5. The van der Waals surface area contributed by atoms with Gasteiger partial charge in [0.1, 0.15) is 0 Å². The number of nitrogens with two attached hydrogens (primary N) is 1. The number of carboxylic acids is 3. The van der Waals surface area contributed by atoms with E-state index in [1.54, 1.807) is 0 Å². The molecule has 0 aliphatic heterocycles. The van der Waals surface area contributed by atoms with Crippen LogP contribution < -0.4 is 62.2 Å². The van der Waals surface area contributed by atoms with Gasteiger partial charge < -0.3 is 41.2 Å². The van der Waals surface area contributed by atoms with Crippen LogP contribution >= 0.6 is 0 Å². The van der Waals surface area contributed by atoms with Crippen molar-refractivity contribution in [3.8, 4) is 0 Å². The van der Waals surface area contributed by atoms with Crippen LogP contribution in [0.4, 0.5) is 0 Å². The SMILES string of the molecule is CC(C)CC(O)C(O)C(N)CC1CCCCC1.O=C([O-])CC(O)(CC(=O)O)C(=O)O.[K+]. The van der Waals surface area contributed by atoms with Gasteiger partial charge in [-0.3, -0.25) is 4.79 Å². The first-order valence-corrected chi connectivity index (χ1v) is 10.3. The summed E-state index contributed by atoms with van der Waals surface area (Å²) in [5.41, 5.74) is 3.21. The van der Waals surface area contributed by atoms with E-state index in [0.29, 0.717) is 18.3 Å². The summed E-state index contributed by atoms with van der Waals surface area (Å²) in [4.78, 5) is 30.3. The molecule has 0 saturated heterocycles. The molecular formula is C20H36KNO9. The molecule has 10 nitrogen and oxygen atoms in total. The Morgan fingerprint density at radius 1 is 1.06 bits per heavy atom. The number of carbonyl (C=O) groups is 3. The van der Waals surface area contributed by atoms with E-state index in [4.69, 9.17) is 21.1 Å². The van der Waals surface area contributed by atoms with Gasteiger partial charge in [0.2, 0.25) is 0 Å². The molecule has 0 aromatic carbocycles. The number of aliphatic hydroxyl groups is 3. The smallest absolute Gasteiger partial charge is 0.550 e. The van der Waals surface area contributed by atoms with Crippen LogP contribution in [0.1, 0.15) is 71.6 Å². The molecule has 4 atom stereocenters. The molecule has 0 bridgehead atoms. The van der Waals surface area contributed by atoms with E-state index in [0.717, 1.165) is 6.42 Å². The molecule has 0 aromatic heterocycles. The number of carbonyl (C=O) groups excluding carboxylic acids is 1. The molecule has 4 unspecified atom stereocenters. The van der Waals surface area contributed by atoms with Crippen molar-refractivity contribution in [3.63, 3.8) is 0 Å². The van der Waals surface area contributed by atoms with Crippen LogP contribution in [0.5, 0.6) is 0 Å². The van der Waals surface area contributed by atoms with Gasteiger partial charge in [-0.05, 0) is 24.7 Å². The van der Waals surface area contributed by atoms with Gasteiger partial charge in [-0.2, -0.15) is 0 Å². The van der Waals surface area contributed by atoms with E-state index in [1.165, 1.54) is 32.1 Å². The van der Waals surface area contributed by atoms with Crippen molar-refractivity contribution in [2.75, 3.05) is 0 Å². The number of hydrogen-bond acceptors (Lipinski definition) is 8. The predicted octanol–water partition coefficient (Wildman–Crippen LogP) is -3.53. The first-order chi connectivity index (χ1) is 13.8.